The minimum Gasteiger partial charge on any atom is -0.493 e. The highest BCUT2D eigenvalue weighted by Gasteiger charge is 2.40. The van der Waals surface area contributed by atoms with E-state index in [4.69, 9.17) is 25.2 Å². The van der Waals surface area contributed by atoms with Crippen LogP contribution in [0.4, 0.5) is 11.8 Å². The molecule has 9 heteroatoms. The van der Waals surface area contributed by atoms with Crippen LogP contribution in [-0.2, 0) is 10.2 Å². The van der Waals surface area contributed by atoms with Gasteiger partial charge in [0.2, 0.25) is 11.9 Å². The number of amides is 1. The zero-order valence-corrected chi connectivity index (χ0v) is 21.1. The van der Waals surface area contributed by atoms with Gasteiger partial charge in [0.05, 0.1) is 19.7 Å². The Morgan fingerprint density at radius 3 is 2.43 bits per heavy atom. The molecule has 1 aromatic carbocycles. The van der Waals surface area contributed by atoms with Crippen LogP contribution in [0.5, 0.6) is 11.5 Å². The number of rotatable bonds is 7. The van der Waals surface area contributed by atoms with Crippen LogP contribution in [0.15, 0.2) is 36.5 Å². The van der Waals surface area contributed by atoms with Gasteiger partial charge in [0.15, 0.2) is 11.5 Å². The molecule has 0 atom stereocenters. The fourth-order valence-corrected chi connectivity index (χ4v) is 4.85. The maximum Gasteiger partial charge on any atom is 0.227 e. The van der Waals surface area contributed by atoms with E-state index < -0.39 is 0 Å². The van der Waals surface area contributed by atoms with Crippen molar-refractivity contribution in [2.75, 3.05) is 51.5 Å². The summed E-state index contributed by atoms with van der Waals surface area (Å²) in [6.07, 6.45) is 3.44. The number of hydrogen-bond donors (Lipinski definition) is 1. The summed E-state index contributed by atoms with van der Waals surface area (Å²) in [6.45, 7) is 5.93. The lowest BCUT2D eigenvalue weighted by Gasteiger charge is -2.43. The number of likely N-dealkylation sites (N-methyl/N-ethyl adjacent to an activating group) is 1. The number of nitrogens with two attached hydrogens (primary N) is 1. The van der Waals surface area contributed by atoms with E-state index in [0.717, 1.165) is 18.5 Å². The number of ether oxygens (including phenoxy) is 2. The largest absolute Gasteiger partial charge is 0.493 e. The second-order valence-electron chi connectivity index (χ2n) is 9.46. The molecule has 2 aromatic heterocycles. The number of hydrogen-bond acceptors (Lipinski definition) is 8. The summed E-state index contributed by atoms with van der Waals surface area (Å²) in [4.78, 5) is 30.7. The molecule has 3 aromatic rings. The first-order valence-electron chi connectivity index (χ1n) is 11.9. The van der Waals surface area contributed by atoms with E-state index in [1.54, 1.807) is 20.3 Å². The highest BCUT2D eigenvalue weighted by Crippen LogP contribution is 2.37. The smallest absolute Gasteiger partial charge is 0.227 e. The van der Waals surface area contributed by atoms with Crippen molar-refractivity contribution in [1.29, 1.82) is 0 Å². The van der Waals surface area contributed by atoms with E-state index in [-0.39, 0.29) is 17.2 Å². The highest BCUT2D eigenvalue weighted by molar-refractivity contribution is 5.91. The molecule has 2 N–H and O–H groups in total. The van der Waals surface area contributed by atoms with Gasteiger partial charge in [-0.05, 0) is 31.0 Å². The number of carbonyl (C=O) groups is 1. The van der Waals surface area contributed by atoms with Gasteiger partial charge in [-0.2, -0.15) is 4.98 Å². The lowest BCUT2D eigenvalue weighted by atomic mass is 9.74. The molecule has 4 rings (SSSR count). The Labute approximate surface area is 206 Å². The number of likely N-dealkylation sites (tertiary alicyclic amines) is 1. The van der Waals surface area contributed by atoms with Crippen molar-refractivity contribution in [1.82, 2.24) is 19.9 Å². The number of pyridine rings is 1. The average Bonchev–Trinajstić information content (AvgIpc) is 2.88. The summed E-state index contributed by atoms with van der Waals surface area (Å²) in [5.74, 6) is 2.25. The minimum absolute atomic E-state index is 0.00962. The van der Waals surface area contributed by atoms with Gasteiger partial charge in [0.1, 0.15) is 5.82 Å². The summed E-state index contributed by atoms with van der Waals surface area (Å²) in [5.41, 5.74) is 7.79. The van der Waals surface area contributed by atoms with Crippen molar-refractivity contribution in [3.63, 3.8) is 0 Å². The third kappa shape index (κ3) is 4.80. The molecule has 0 radical (unpaired) electrons. The Kier molecular flexibility index (Phi) is 6.95. The van der Waals surface area contributed by atoms with E-state index in [1.165, 1.54) is 0 Å². The Hall–Kier alpha value is -3.62. The number of methoxy groups -OCH3 is 2. The van der Waals surface area contributed by atoms with Gasteiger partial charge in [0, 0.05) is 61.4 Å². The minimum atomic E-state index is -0.242. The number of anilines is 2. The molecular formula is C26H34N6O3. The quantitative estimate of drug-likeness (QED) is 0.551. The van der Waals surface area contributed by atoms with Crippen molar-refractivity contribution in [2.45, 2.75) is 32.1 Å². The summed E-state index contributed by atoms with van der Waals surface area (Å²) in [7, 11) is 5.14. The molecule has 0 saturated carbocycles. The summed E-state index contributed by atoms with van der Waals surface area (Å²) < 4.78 is 10.8. The van der Waals surface area contributed by atoms with E-state index in [0.29, 0.717) is 53.8 Å². The van der Waals surface area contributed by atoms with E-state index in [2.05, 4.69) is 11.1 Å². The van der Waals surface area contributed by atoms with Crippen molar-refractivity contribution in [3.05, 3.63) is 42.2 Å². The van der Waals surface area contributed by atoms with E-state index in [1.807, 2.05) is 55.1 Å². The topological polar surface area (TPSA) is 107 Å². The lowest BCUT2D eigenvalue weighted by Crippen LogP contribution is -2.51. The van der Waals surface area contributed by atoms with Gasteiger partial charge in [-0.3, -0.25) is 9.78 Å². The molecule has 1 amide bonds. The Balaban J connectivity index is 1.66. The molecule has 1 fully saturated rings. The third-order valence-electron chi connectivity index (χ3n) is 6.83. The number of piperidine rings is 1. The molecule has 0 bridgehead atoms. The predicted octanol–water partition coefficient (Wildman–Crippen LogP) is 3.28. The summed E-state index contributed by atoms with van der Waals surface area (Å²) >= 11 is 0. The second kappa shape index (κ2) is 9.93. The molecule has 186 valence electrons. The first-order valence-corrected chi connectivity index (χ1v) is 11.9. The third-order valence-corrected chi connectivity index (χ3v) is 6.83. The molecule has 35 heavy (non-hydrogen) atoms. The molecular weight excluding hydrogens is 444 g/mol. The molecule has 0 spiro atoms. The molecule has 9 nitrogen and oxygen atoms in total. The Morgan fingerprint density at radius 2 is 1.83 bits per heavy atom. The highest BCUT2D eigenvalue weighted by atomic mass is 16.5. The first-order chi connectivity index (χ1) is 16.8. The molecule has 1 saturated heterocycles. The van der Waals surface area contributed by atoms with Crippen LogP contribution in [0, 0.1) is 5.92 Å². The van der Waals surface area contributed by atoms with Crippen LogP contribution in [0.2, 0.25) is 0 Å². The van der Waals surface area contributed by atoms with Crippen LogP contribution in [0.1, 0.15) is 32.4 Å². The van der Waals surface area contributed by atoms with Crippen molar-refractivity contribution < 1.29 is 14.3 Å². The summed E-state index contributed by atoms with van der Waals surface area (Å²) in [5, 5.41) is 0.708. The maximum absolute atomic E-state index is 12.6. The van der Waals surface area contributed by atoms with Crippen LogP contribution in [0.3, 0.4) is 0 Å². The molecule has 3 heterocycles. The predicted molar refractivity (Wildman–Crippen MR) is 137 cm³/mol. The van der Waals surface area contributed by atoms with E-state index >= 15 is 0 Å². The number of nitrogens with zero attached hydrogens (tertiary/aromatic N) is 5. The van der Waals surface area contributed by atoms with Gasteiger partial charge in [-0.25, -0.2) is 4.98 Å². The number of carbonyl (C=O) groups excluding carboxylic acids is 1. The second-order valence-corrected chi connectivity index (χ2v) is 9.46. The number of aromatic nitrogens is 3. The van der Waals surface area contributed by atoms with Crippen molar-refractivity contribution >= 4 is 28.6 Å². The fraction of sp³-hybridized carbons (Fsp3) is 0.462. The van der Waals surface area contributed by atoms with Crippen LogP contribution in [0.25, 0.3) is 10.9 Å². The molecule has 0 unspecified atom stereocenters. The van der Waals surface area contributed by atoms with Gasteiger partial charge < -0.3 is 25.0 Å². The Bertz CT molecular complexity index is 1190. The Morgan fingerprint density at radius 1 is 1.14 bits per heavy atom. The summed E-state index contributed by atoms with van der Waals surface area (Å²) in [6, 6.07) is 9.62. The van der Waals surface area contributed by atoms with Gasteiger partial charge >= 0.3 is 0 Å². The number of fused-ring (bicyclic) bond motifs is 1. The van der Waals surface area contributed by atoms with Crippen molar-refractivity contribution in [2.24, 2.45) is 5.92 Å². The molecule has 0 aliphatic carbocycles. The number of nitrogen functional groups attached to an aromatic ring is 1. The van der Waals surface area contributed by atoms with Gasteiger partial charge in [-0.15, -0.1) is 0 Å². The maximum atomic E-state index is 12.6. The monoisotopic (exact) mass is 478 g/mol. The fourth-order valence-electron chi connectivity index (χ4n) is 4.85. The normalized spacial score (nSPS) is 15.3. The van der Waals surface area contributed by atoms with Crippen LogP contribution < -0.4 is 20.1 Å². The van der Waals surface area contributed by atoms with Crippen molar-refractivity contribution in [3.8, 4) is 11.5 Å². The van der Waals surface area contributed by atoms with Gasteiger partial charge in [0.25, 0.3) is 0 Å². The standard InChI is InChI=1S/C26H34N6O3/c1-17(2)24(33)32-12-9-26(10-13-32,22-8-6-7-11-28-22)16-31(3)25-29-19-15-21(35-5)20(34-4)14-18(19)23(27)30-25/h6-8,11,14-15,17H,9-10,12-13,16H2,1-5H3,(H2,27,29,30). The van der Waals surface area contributed by atoms with Gasteiger partial charge in [-0.1, -0.05) is 19.9 Å². The number of benzene rings is 1. The molecule has 1 aliphatic rings. The first kappa shape index (κ1) is 24.5. The van der Waals surface area contributed by atoms with E-state index in [9.17, 15) is 4.79 Å². The zero-order chi connectivity index (χ0) is 25.2. The van der Waals surface area contributed by atoms with Crippen LogP contribution >= 0.6 is 0 Å². The van der Waals surface area contributed by atoms with Crippen LogP contribution in [-0.4, -0.2) is 66.7 Å². The zero-order valence-electron chi connectivity index (χ0n) is 21.1. The molecule has 1 aliphatic heterocycles. The average molecular weight is 479 g/mol. The lowest BCUT2D eigenvalue weighted by molar-refractivity contribution is -0.136. The SMILES string of the molecule is COc1cc2nc(N(C)CC3(c4ccccn4)CCN(C(=O)C(C)C)CC3)nc(N)c2cc1OC.